The van der Waals surface area contributed by atoms with Gasteiger partial charge in [0.25, 0.3) is 0 Å². The predicted octanol–water partition coefficient (Wildman–Crippen LogP) is 2.53. The van der Waals surface area contributed by atoms with Crippen LogP contribution in [0, 0.1) is 5.92 Å². The summed E-state index contributed by atoms with van der Waals surface area (Å²) in [6.45, 7) is 4.72. The first kappa shape index (κ1) is 16.9. The average molecular weight is 271 g/mol. The molecule has 2 N–H and O–H groups in total. The van der Waals surface area contributed by atoms with Crippen LogP contribution in [0.5, 0.6) is 0 Å². The molecule has 0 aliphatic carbocycles. The lowest BCUT2D eigenvalue weighted by Gasteiger charge is -2.20. The van der Waals surface area contributed by atoms with Crippen LogP contribution in [-0.2, 0) is 4.79 Å². The summed E-state index contributed by atoms with van der Waals surface area (Å²) in [5, 5.41) is 6.11. The number of rotatable bonds is 6. The standard InChI is InChI=1S/C14H22N2O.ClH/c1-4-13(12-8-6-5-7-9-12)16-14(17)11(2)10-15-3;/h5-9,11,13,15H,4,10H2,1-3H3,(H,16,17);1H. The molecule has 1 aromatic carbocycles. The van der Waals surface area contributed by atoms with Gasteiger partial charge in [-0.25, -0.2) is 0 Å². The van der Waals surface area contributed by atoms with E-state index in [9.17, 15) is 4.79 Å². The van der Waals surface area contributed by atoms with E-state index in [-0.39, 0.29) is 30.3 Å². The molecule has 0 radical (unpaired) electrons. The molecule has 4 heteroatoms. The second kappa shape index (κ2) is 8.95. The molecule has 0 aromatic heterocycles. The largest absolute Gasteiger partial charge is 0.349 e. The first-order valence-electron chi connectivity index (χ1n) is 6.19. The van der Waals surface area contributed by atoms with Crippen molar-refractivity contribution in [1.29, 1.82) is 0 Å². The Hall–Kier alpha value is -1.06. The fourth-order valence-electron chi connectivity index (χ4n) is 1.82. The molecule has 0 aliphatic heterocycles. The molecule has 0 bridgehead atoms. The second-order valence-corrected chi connectivity index (χ2v) is 4.34. The number of benzene rings is 1. The third-order valence-corrected chi connectivity index (χ3v) is 2.88. The topological polar surface area (TPSA) is 41.1 Å². The van der Waals surface area contributed by atoms with Gasteiger partial charge in [0.15, 0.2) is 0 Å². The summed E-state index contributed by atoms with van der Waals surface area (Å²) in [7, 11) is 1.86. The number of nitrogens with one attached hydrogen (secondary N) is 2. The van der Waals surface area contributed by atoms with Gasteiger partial charge in [-0.1, -0.05) is 44.2 Å². The van der Waals surface area contributed by atoms with Crippen LogP contribution in [0.15, 0.2) is 30.3 Å². The van der Waals surface area contributed by atoms with Crippen molar-refractivity contribution in [3.8, 4) is 0 Å². The molecule has 0 saturated heterocycles. The summed E-state index contributed by atoms with van der Waals surface area (Å²) in [4.78, 5) is 11.9. The van der Waals surface area contributed by atoms with Crippen LogP contribution in [0.3, 0.4) is 0 Å². The molecule has 0 fully saturated rings. The van der Waals surface area contributed by atoms with Crippen LogP contribution in [0.4, 0.5) is 0 Å². The summed E-state index contributed by atoms with van der Waals surface area (Å²) in [5.41, 5.74) is 1.17. The maximum atomic E-state index is 11.9. The minimum atomic E-state index is -0.00207. The summed E-state index contributed by atoms with van der Waals surface area (Å²) in [6.07, 6.45) is 0.905. The molecule has 18 heavy (non-hydrogen) atoms. The van der Waals surface area contributed by atoms with E-state index in [1.54, 1.807) is 0 Å². The van der Waals surface area contributed by atoms with Gasteiger partial charge in [0.05, 0.1) is 6.04 Å². The fraction of sp³-hybridized carbons (Fsp3) is 0.500. The number of carbonyl (C=O) groups is 1. The Bertz CT molecular complexity index is 343. The van der Waals surface area contributed by atoms with Crippen LogP contribution in [0.1, 0.15) is 31.9 Å². The molecule has 102 valence electrons. The van der Waals surface area contributed by atoms with Crippen molar-refractivity contribution < 1.29 is 4.79 Å². The quantitative estimate of drug-likeness (QED) is 0.834. The molecule has 0 heterocycles. The Morgan fingerprint density at radius 2 is 1.89 bits per heavy atom. The van der Waals surface area contributed by atoms with Gasteiger partial charge >= 0.3 is 0 Å². The molecule has 0 aliphatic rings. The third kappa shape index (κ3) is 5.07. The zero-order valence-electron chi connectivity index (χ0n) is 11.3. The minimum Gasteiger partial charge on any atom is -0.349 e. The van der Waals surface area contributed by atoms with Gasteiger partial charge in [0.1, 0.15) is 0 Å². The zero-order chi connectivity index (χ0) is 12.7. The number of halogens is 1. The number of hydrogen-bond donors (Lipinski definition) is 2. The molecule has 0 spiro atoms. The van der Waals surface area contributed by atoms with Crippen LogP contribution >= 0.6 is 12.4 Å². The van der Waals surface area contributed by atoms with Gasteiger partial charge < -0.3 is 10.6 Å². The fourth-order valence-corrected chi connectivity index (χ4v) is 1.82. The SMILES string of the molecule is CCC(NC(=O)C(C)CNC)c1ccccc1.Cl. The summed E-state index contributed by atoms with van der Waals surface area (Å²) in [5.74, 6) is 0.104. The van der Waals surface area contributed by atoms with Gasteiger partial charge in [-0.15, -0.1) is 12.4 Å². The van der Waals surface area contributed by atoms with Crippen molar-refractivity contribution in [2.45, 2.75) is 26.3 Å². The molecule has 2 atom stereocenters. The van der Waals surface area contributed by atoms with Gasteiger partial charge in [-0.05, 0) is 19.0 Å². The van der Waals surface area contributed by atoms with E-state index >= 15 is 0 Å². The monoisotopic (exact) mass is 270 g/mol. The van der Waals surface area contributed by atoms with Crippen LogP contribution in [-0.4, -0.2) is 19.5 Å². The lowest BCUT2D eigenvalue weighted by Crippen LogP contribution is -2.36. The molecular formula is C14H23ClN2O. The maximum absolute atomic E-state index is 11.9. The lowest BCUT2D eigenvalue weighted by molar-refractivity contribution is -0.125. The third-order valence-electron chi connectivity index (χ3n) is 2.88. The van der Waals surface area contributed by atoms with Crippen LogP contribution in [0.2, 0.25) is 0 Å². The first-order valence-corrected chi connectivity index (χ1v) is 6.19. The van der Waals surface area contributed by atoms with E-state index < -0.39 is 0 Å². The molecule has 1 aromatic rings. The highest BCUT2D eigenvalue weighted by molar-refractivity contribution is 5.85. The van der Waals surface area contributed by atoms with Crippen molar-refractivity contribution in [3.05, 3.63) is 35.9 Å². The minimum absolute atomic E-state index is 0. The Morgan fingerprint density at radius 1 is 1.28 bits per heavy atom. The van der Waals surface area contributed by atoms with Crippen molar-refractivity contribution in [2.24, 2.45) is 5.92 Å². The van der Waals surface area contributed by atoms with Crippen molar-refractivity contribution in [1.82, 2.24) is 10.6 Å². The van der Waals surface area contributed by atoms with Crippen LogP contribution < -0.4 is 10.6 Å². The van der Waals surface area contributed by atoms with E-state index in [1.807, 2.05) is 32.2 Å². The normalized spacial score (nSPS) is 13.3. The second-order valence-electron chi connectivity index (χ2n) is 4.34. The van der Waals surface area contributed by atoms with Crippen LogP contribution in [0.25, 0.3) is 0 Å². The molecular weight excluding hydrogens is 248 g/mol. The van der Waals surface area contributed by atoms with Crippen molar-refractivity contribution in [2.75, 3.05) is 13.6 Å². The Labute approximate surface area is 116 Å². The summed E-state index contributed by atoms with van der Waals surface area (Å²) < 4.78 is 0. The van der Waals surface area contributed by atoms with Crippen molar-refractivity contribution in [3.63, 3.8) is 0 Å². The van der Waals surface area contributed by atoms with E-state index in [1.165, 1.54) is 5.56 Å². The highest BCUT2D eigenvalue weighted by atomic mass is 35.5. The molecule has 3 nitrogen and oxygen atoms in total. The number of amides is 1. The summed E-state index contributed by atoms with van der Waals surface area (Å²) >= 11 is 0. The number of hydrogen-bond acceptors (Lipinski definition) is 2. The molecule has 1 rings (SSSR count). The Morgan fingerprint density at radius 3 is 2.39 bits per heavy atom. The summed E-state index contributed by atoms with van der Waals surface area (Å²) in [6, 6.07) is 10.2. The maximum Gasteiger partial charge on any atom is 0.224 e. The molecule has 1 amide bonds. The van der Waals surface area contributed by atoms with Gasteiger partial charge in [0.2, 0.25) is 5.91 Å². The van der Waals surface area contributed by atoms with Gasteiger partial charge in [-0.3, -0.25) is 4.79 Å². The van der Waals surface area contributed by atoms with E-state index in [0.29, 0.717) is 6.54 Å². The highest BCUT2D eigenvalue weighted by Gasteiger charge is 2.16. The average Bonchev–Trinajstić information content (AvgIpc) is 2.37. The smallest absolute Gasteiger partial charge is 0.224 e. The Balaban J connectivity index is 0.00000289. The molecule has 0 saturated carbocycles. The van der Waals surface area contributed by atoms with Gasteiger partial charge in [-0.2, -0.15) is 0 Å². The molecule has 2 unspecified atom stereocenters. The van der Waals surface area contributed by atoms with E-state index in [4.69, 9.17) is 0 Å². The van der Waals surface area contributed by atoms with E-state index in [0.717, 1.165) is 6.42 Å². The number of carbonyl (C=O) groups excluding carboxylic acids is 1. The highest BCUT2D eigenvalue weighted by Crippen LogP contribution is 2.16. The van der Waals surface area contributed by atoms with Crippen molar-refractivity contribution >= 4 is 18.3 Å². The predicted molar refractivity (Wildman–Crippen MR) is 78.0 cm³/mol. The first-order chi connectivity index (χ1) is 8.19. The van der Waals surface area contributed by atoms with E-state index in [2.05, 4.69) is 29.7 Å². The Kier molecular flexibility index (Phi) is 8.42. The zero-order valence-corrected chi connectivity index (χ0v) is 12.1. The lowest BCUT2D eigenvalue weighted by atomic mass is 10.0. The van der Waals surface area contributed by atoms with Gasteiger partial charge in [0, 0.05) is 12.5 Å².